The molecule has 0 spiro atoms. The number of nitrogens with zero attached hydrogens (tertiary/aromatic N) is 3. The van der Waals surface area contributed by atoms with Gasteiger partial charge in [-0.2, -0.15) is 4.31 Å². The van der Waals surface area contributed by atoms with Gasteiger partial charge in [-0.15, -0.1) is 0 Å². The summed E-state index contributed by atoms with van der Waals surface area (Å²) in [7, 11) is -2.06. The van der Waals surface area contributed by atoms with Crippen LogP contribution in [0.2, 0.25) is 0 Å². The van der Waals surface area contributed by atoms with Crippen LogP contribution in [0.4, 0.5) is 0 Å². The second kappa shape index (κ2) is 10.5. The van der Waals surface area contributed by atoms with E-state index in [1.807, 2.05) is 18.7 Å². The molecular formula is C24H39N3O4S. The molecule has 180 valence electrons. The van der Waals surface area contributed by atoms with Crippen molar-refractivity contribution in [3.05, 3.63) is 24.3 Å². The van der Waals surface area contributed by atoms with Crippen LogP contribution >= 0.6 is 0 Å². The van der Waals surface area contributed by atoms with E-state index in [-0.39, 0.29) is 28.8 Å². The van der Waals surface area contributed by atoms with E-state index in [1.54, 1.807) is 35.7 Å². The van der Waals surface area contributed by atoms with E-state index in [4.69, 9.17) is 4.74 Å². The lowest BCUT2D eigenvalue weighted by atomic mass is 9.84. The summed E-state index contributed by atoms with van der Waals surface area (Å²) in [6.07, 6.45) is 2.93. The van der Waals surface area contributed by atoms with Gasteiger partial charge in [0.05, 0.1) is 12.0 Å². The number of hydrogen-bond acceptors (Lipinski definition) is 5. The zero-order valence-corrected chi connectivity index (χ0v) is 21.0. The standard InChI is InChI=1S/C24H39N3O4S/c1-18(2)25-14-16-26(17-15-25)24(28)20-6-8-21(9-7-20)27(19(3)4)32(29,30)23-12-10-22(31-5)11-13-23/h10-13,18-21H,6-9,14-17H2,1-5H3. The molecule has 0 unspecified atom stereocenters. The van der Waals surface area contributed by atoms with Crippen molar-refractivity contribution in [1.29, 1.82) is 0 Å². The molecule has 1 saturated heterocycles. The van der Waals surface area contributed by atoms with Crippen LogP contribution in [0, 0.1) is 5.92 Å². The first-order valence-corrected chi connectivity index (χ1v) is 13.3. The zero-order chi connectivity index (χ0) is 23.5. The van der Waals surface area contributed by atoms with Gasteiger partial charge in [-0.1, -0.05) is 0 Å². The first-order valence-electron chi connectivity index (χ1n) is 11.9. The maximum absolute atomic E-state index is 13.4. The molecule has 0 atom stereocenters. The van der Waals surface area contributed by atoms with Gasteiger partial charge in [0.15, 0.2) is 0 Å². The summed E-state index contributed by atoms with van der Waals surface area (Å²) < 4.78 is 33.7. The highest BCUT2D eigenvalue weighted by atomic mass is 32.2. The summed E-state index contributed by atoms with van der Waals surface area (Å²) in [5.74, 6) is 0.892. The monoisotopic (exact) mass is 465 g/mol. The summed E-state index contributed by atoms with van der Waals surface area (Å²) in [4.78, 5) is 17.8. The van der Waals surface area contributed by atoms with Crippen molar-refractivity contribution in [2.75, 3.05) is 33.3 Å². The molecule has 32 heavy (non-hydrogen) atoms. The SMILES string of the molecule is COc1ccc(S(=O)(=O)N(C(C)C)C2CCC(C(=O)N3CCN(C(C)C)CC3)CC2)cc1. The molecule has 1 aliphatic carbocycles. The molecule has 0 radical (unpaired) electrons. The molecule has 1 amide bonds. The van der Waals surface area contributed by atoms with Gasteiger partial charge in [-0.05, 0) is 77.6 Å². The van der Waals surface area contributed by atoms with Gasteiger partial charge in [-0.3, -0.25) is 9.69 Å². The number of benzene rings is 1. The number of rotatable bonds is 7. The molecule has 7 nitrogen and oxygen atoms in total. The minimum Gasteiger partial charge on any atom is -0.497 e. The number of methoxy groups -OCH3 is 1. The van der Waals surface area contributed by atoms with Crippen molar-refractivity contribution in [3.63, 3.8) is 0 Å². The van der Waals surface area contributed by atoms with Crippen molar-refractivity contribution in [1.82, 2.24) is 14.1 Å². The smallest absolute Gasteiger partial charge is 0.243 e. The lowest BCUT2D eigenvalue weighted by molar-refractivity contribution is -0.138. The largest absolute Gasteiger partial charge is 0.497 e. The van der Waals surface area contributed by atoms with Crippen LogP contribution < -0.4 is 4.74 Å². The molecule has 0 N–H and O–H groups in total. The third-order valence-electron chi connectivity index (χ3n) is 6.91. The van der Waals surface area contributed by atoms with E-state index in [2.05, 4.69) is 18.7 Å². The number of piperazine rings is 1. The normalized spacial score (nSPS) is 23.2. The summed E-state index contributed by atoms with van der Waals surface area (Å²) in [5.41, 5.74) is 0. The molecule has 1 heterocycles. The number of carbonyl (C=O) groups excluding carboxylic acids is 1. The number of sulfonamides is 1. The molecule has 1 aromatic carbocycles. The van der Waals surface area contributed by atoms with Crippen LogP contribution in [0.25, 0.3) is 0 Å². The molecule has 3 rings (SSSR count). The third-order valence-corrected chi connectivity index (χ3v) is 9.05. The maximum Gasteiger partial charge on any atom is 0.243 e. The molecule has 0 aromatic heterocycles. The summed E-state index contributed by atoms with van der Waals surface area (Å²) >= 11 is 0. The molecule has 8 heteroatoms. The van der Waals surface area contributed by atoms with Crippen LogP contribution in [-0.4, -0.2) is 79.8 Å². The Hall–Kier alpha value is -1.64. The van der Waals surface area contributed by atoms with Crippen LogP contribution in [-0.2, 0) is 14.8 Å². The average Bonchev–Trinajstić information content (AvgIpc) is 2.79. The minimum atomic E-state index is -3.62. The van der Waals surface area contributed by atoms with Gasteiger partial charge in [0.25, 0.3) is 0 Å². The Labute approximate surface area is 193 Å². The predicted molar refractivity (Wildman–Crippen MR) is 126 cm³/mol. The molecule has 2 aliphatic rings. The van der Waals surface area contributed by atoms with Gasteiger partial charge in [-0.25, -0.2) is 8.42 Å². The number of carbonyl (C=O) groups is 1. The number of ether oxygens (including phenoxy) is 1. The highest BCUT2D eigenvalue weighted by molar-refractivity contribution is 7.89. The lowest BCUT2D eigenvalue weighted by Crippen LogP contribution is -2.53. The van der Waals surface area contributed by atoms with Crippen molar-refractivity contribution in [2.45, 2.75) is 76.4 Å². The Morgan fingerprint density at radius 1 is 0.969 bits per heavy atom. The van der Waals surface area contributed by atoms with E-state index in [0.717, 1.165) is 51.9 Å². The summed E-state index contributed by atoms with van der Waals surface area (Å²) in [6, 6.07) is 6.86. The van der Waals surface area contributed by atoms with Crippen LogP contribution in [0.15, 0.2) is 29.2 Å². The van der Waals surface area contributed by atoms with Gasteiger partial charge in [0.2, 0.25) is 15.9 Å². The minimum absolute atomic E-state index is 0.00885. The second-order valence-corrected chi connectivity index (χ2v) is 11.4. The molecule has 1 aliphatic heterocycles. The van der Waals surface area contributed by atoms with Crippen molar-refractivity contribution < 1.29 is 17.9 Å². The van der Waals surface area contributed by atoms with Gasteiger partial charge < -0.3 is 9.64 Å². The first-order chi connectivity index (χ1) is 15.1. The van der Waals surface area contributed by atoms with Crippen molar-refractivity contribution in [3.8, 4) is 5.75 Å². The zero-order valence-electron chi connectivity index (χ0n) is 20.2. The van der Waals surface area contributed by atoms with E-state index >= 15 is 0 Å². The summed E-state index contributed by atoms with van der Waals surface area (Å²) in [5, 5.41) is 0. The number of amides is 1. The third kappa shape index (κ3) is 5.46. The number of hydrogen-bond donors (Lipinski definition) is 0. The molecular weight excluding hydrogens is 426 g/mol. The van der Waals surface area contributed by atoms with Crippen molar-refractivity contribution >= 4 is 15.9 Å². The molecule has 1 aromatic rings. The topological polar surface area (TPSA) is 70.2 Å². The Balaban J connectivity index is 1.63. The highest BCUT2D eigenvalue weighted by Gasteiger charge is 2.38. The predicted octanol–water partition coefficient (Wildman–Crippen LogP) is 3.21. The van der Waals surface area contributed by atoms with E-state index in [9.17, 15) is 13.2 Å². The second-order valence-electron chi connectivity index (χ2n) is 9.56. The first kappa shape index (κ1) is 25.0. The van der Waals surface area contributed by atoms with E-state index in [0.29, 0.717) is 11.8 Å². The van der Waals surface area contributed by atoms with Crippen LogP contribution in [0.5, 0.6) is 5.75 Å². The van der Waals surface area contributed by atoms with E-state index in [1.165, 1.54) is 0 Å². The van der Waals surface area contributed by atoms with Crippen molar-refractivity contribution in [2.24, 2.45) is 5.92 Å². The van der Waals surface area contributed by atoms with Gasteiger partial charge in [0, 0.05) is 50.2 Å². The van der Waals surface area contributed by atoms with E-state index < -0.39 is 10.0 Å². The fraction of sp³-hybridized carbons (Fsp3) is 0.708. The van der Waals surface area contributed by atoms with Crippen LogP contribution in [0.3, 0.4) is 0 Å². The Kier molecular flexibility index (Phi) is 8.22. The van der Waals surface area contributed by atoms with Gasteiger partial charge >= 0.3 is 0 Å². The summed E-state index contributed by atoms with van der Waals surface area (Å²) in [6.45, 7) is 11.7. The Bertz CT molecular complexity index is 854. The molecule has 0 bridgehead atoms. The maximum atomic E-state index is 13.4. The lowest BCUT2D eigenvalue weighted by Gasteiger charge is -2.41. The Morgan fingerprint density at radius 3 is 2.00 bits per heavy atom. The fourth-order valence-corrected chi connectivity index (χ4v) is 6.94. The van der Waals surface area contributed by atoms with Crippen LogP contribution in [0.1, 0.15) is 53.4 Å². The fourth-order valence-electron chi connectivity index (χ4n) is 5.06. The highest BCUT2D eigenvalue weighted by Crippen LogP contribution is 2.34. The average molecular weight is 466 g/mol. The molecule has 1 saturated carbocycles. The van der Waals surface area contributed by atoms with Gasteiger partial charge in [0.1, 0.15) is 5.75 Å². The Morgan fingerprint density at radius 2 is 1.53 bits per heavy atom. The quantitative estimate of drug-likeness (QED) is 0.618. The molecule has 2 fully saturated rings.